The molecule has 0 aliphatic heterocycles. The van der Waals surface area contributed by atoms with Crippen LogP contribution in [0.4, 0.5) is 0 Å². The average molecular weight is 265 g/mol. The van der Waals surface area contributed by atoms with Gasteiger partial charge in [-0.25, -0.2) is 0 Å². The smallest absolute Gasteiger partial charge is 0.121 e. The molecular formula is C18H19NO. The van der Waals surface area contributed by atoms with E-state index < -0.39 is 0 Å². The van der Waals surface area contributed by atoms with Gasteiger partial charge in [0.1, 0.15) is 5.75 Å². The summed E-state index contributed by atoms with van der Waals surface area (Å²) in [5, 5.41) is 9.45. The third-order valence-electron chi connectivity index (χ3n) is 3.50. The first-order valence-electron chi connectivity index (χ1n) is 6.73. The standard InChI is InChI=1S/C18H19NO/c1-13-5-4-6-15(9-13)11-17(12-19)16-7-8-18(20-3)14(2)10-16/h4-10,17H,11H2,1-3H3. The monoisotopic (exact) mass is 265 g/mol. The Morgan fingerprint density at radius 2 is 1.95 bits per heavy atom. The molecule has 0 radical (unpaired) electrons. The molecule has 0 aliphatic carbocycles. The van der Waals surface area contributed by atoms with Gasteiger partial charge in [-0.3, -0.25) is 0 Å². The molecule has 102 valence electrons. The Labute approximate surface area is 120 Å². The van der Waals surface area contributed by atoms with E-state index in [2.05, 4.69) is 31.2 Å². The first kappa shape index (κ1) is 14.1. The predicted octanol–water partition coefficient (Wildman–Crippen LogP) is 4.16. The van der Waals surface area contributed by atoms with E-state index in [1.54, 1.807) is 7.11 Å². The Bertz CT molecular complexity index is 640. The molecule has 0 fully saturated rings. The van der Waals surface area contributed by atoms with Crippen LogP contribution in [0.3, 0.4) is 0 Å². The largest absolute Gasteiger partial charge is 0.496 e. The number of rotatable bonds is 4. The minimum atomic E-state index is -0.124. The van der Waals surface area contributed by atoms with Gasteiger partial charge in [-0.05, 0) is 43.0 Å². The lowest BCUT2D eigenvalue weighted by molar-refractivity contribution is 0.411. The van der Waals surface area contributed by atoms with E-state index in [-0.39, 0.29) is 5.92 Å². The number of aryl methyl sites for hydroxylation is 2. The number of nitrogens with zero attached hydrogens (tertiary/aromatic N) is 1. The molecule has 0 bridgehead atoms. The van der Waals surface area contributed by atoms with Gasteiger partial charge in [0, 0.05) is 0 Å². The lowest BCUT2D eigenvalue weighted by Crippen LogP contribution is -2.01. The van der Waals surface area contributed by atoms with Gasteiger partial charge in [0.15, 0.2) is 0 Å². The molecule has 2 aromatic carbocycles. The van der Waals surface area contributed by atoms with Crippen LogP contribution in [-0.4, -0.2) is 7.11 Å². The fourth-order valence-electron chi connectivity index (χ4n) is 2.43. The van der Waals surface area contributed by atoms with Crippen molar-refractivity contribution in [3.05, 3.63) is 64.7 Å². The minimum Gasteiger partial charge on any atom is -0.496 e. The van der Waals surface area contributed by atoms with Gasteiger partial charge in [-0.2, -0.15) is 5.26 Å². The van der Waals surface area contributed by atoms with Crippen LogP contribution in [0, 0.1) is 25.2 Å². The van der Waals surface area contributed by atoms with Crippen molar-refractivity contribution < 1.29 is 4.74 Å². The van der Waals surface area contributed by atoms with Gasteiger partial charge in [0.25, 0.3) is 0 Å². The summed E-state index contributed by atoms with van der Waals surface area (Å²) in [5.41, 5.74) is 4.54. The third-order valence-corrected chi connectivity index (χ3v) is 3.50. The summed E-state index contributed by atoms with van der Waals surface area (Å²) in [6.45, 7) is 4.08. The van der Waals surface area contributed by atoms with Crippen molar-refractivity contribution >= 4 is 0 Å². The second-order valence-corrected chi connectivity index (χ2v) is 5.10. The van der Waals surface area contributed by atoms with Crippen molar-refractivity contribution in [2.45, 2.75) is 26.2 Å². The van der Waals surface area contributed by atoms with Gasteiger partial charge in [-0.15, -0.1) is 0 Å². The first-order valence-corrected chi connectivity index (χ1v) is 6.73. The van der Waals surface area contributed by atoms with Crippen molar-refractivity contribution in [2.24, 2.45) is 0 Å². The second-order valence-electron chi connectivity index (χ2n) is 5.10. The molecule has 2 aromatic rings. The van der Waals surface area contributed by atoms with Gasteiger partial charge in [0.2, 0.25) is 0 Å². The zero-order valence-electron chi connectivity index (χ0n) is 12.2. The van der Waals surface area contributed by atoms with Gasteiger partial charge >= 0.3 is 0 Å². The molecule has 2 rings (SSSR count). The van der Waals surface area contributed by atoms with E-state index in [1.165, 1.54) is 11.1 Å². The molecule has 0 aromatic heterocycles. The molecule has 1 unspecified atom stereocenters. The minimum absolute atomic E-state index is 0.124. The summed E-state index contributed by atoms with van der Waals surface area (Å²) < 4.78 is 5.26. The molecule has 0 heterocycles. The van der Waals surface area contributed by atoms with Gasteiger partial charge < -0.3 is 4.74 Å². The predicted molar refractivity (Wildman–Crippen MR) is 81.0 cm³/mol. The highest BCUT2D eigenvalue weighted by Crippen LogP contribution is 2.26. The summed E-state index contributed by atoms with van der Waals surface area (Å²) in [6, 6.07) is 16.7. The molecule has 0 spiro atoms. The molecule has 2 heteroatoms. The molecule has 0 aliphatic rings. The fourth-order valence-corrected chi connectivity index (χ4v) is 2.43. The zero-order chi connectivity index (χ0) is 14.5. The summed E-state index contributed by atoms with van der Waals surface area (Å²) in [6.07, 6.45) is 0.740. The van der Waals surface area contributed by atoms with Crippen molar-refractivity contribution in [3.63, 3.8) is 0 Å². The van der Waals surface area contributed by atoms with E-state index in [0.717, 1.165) is 23.3 Å². The van der Waals surface area contributed by atoms with E-state index in [9.17, 15) is 5.26 Å². The molecule has 2 nitrogen and oxygen atoms in total. The summed E-state index contributed by atoms with van der Waals surface area (Å²) >= 11 is 0. The summed E-state index contributed by atoms with van der Waals surface area (Å²) in [7, 11) is 1.66. The number of hydrogen-bond donors (Lipinski definition) is 0. The van der Waals surface area contributed by atoms with Crippen molar-refractivity contribution in [2.75, 3.05) is 7.11 Å². The van der Waals surface area contributed by atoms with Crippen molar-refractivity contribution in [1.29, 1.82) is 5.26 Å². The average Bonchev–Trinajstić information content (AvgIpc) is 2.44. The van der Waals surface area contributed by atoms with Crippen LogP contribution in [0.5, 0.6) is 5.75 Å². The molecule has 20 heavy (non-hydrogen) atoms. The number of hydrogen-bond acceptors (Lipinski definition) is 2. The zero-order valence-corrected chi connectivity index (χ0v) is 12.2. The SMILES string of the molecule is COc1ccc(C(C#N)Cc2cccc(C)c2)cc1C. The molecular weight excluding hydrogens is 246 g/mol. The van der Waals surface area contributed by atoms with Gasteiger partial charge in [0.05, 0.1) is 19.1 Å². The Morgan fingerprint density at radius 1 is 1.15 bits per heavy atom. The van der Waals surface area contributed by atoms with Crippen molar-refractivity contribution in [3.8, 4) is 11.8 Å². The van der Waals surface area contributed by atoms with Crippen LogP contribution < -0.4 is 4.74 Å². The maximum atomic E-state index is 9.45. The van der Waals surface area contributed by atoms with Gasteiger partial charge in [-0.1, -0.05) is 42.0 Å². The summed E-state index contributed by atoms with van der Waals surface area (Å²) in [4.78, 5) is 0. The quantitative estimate of drug-likeness (QED) is 0.831. The Hall–Kier alpha value is -2.27. The maximum absolute atomic E-state index is 9.45. The topological polar surface area (TPSA) is 33.0 Å². The number of ether oxygens (including phenoxy) is 1. The van der Waals surface area contributed by atoms with Crippen LogP contribution in [-0.2, 0) is 6.42 Å². The third kappa shape index (κ3) is 3.19. The van der Waals surface area contributed by atoms with E-state index in [0.29, 0.717) is 0 Å². The highest BCUT2D eigenvalue weighted by molar-refractivity contribution is 5.40. The van der Waals surface area contributed by atoms with E-state index >= 15 is 0 Å². The number of benzene rings is 2. The number of methoxy groups -OCH3 is 1. The van der Waals surface area contributed by atoms with E-state index in [4.69, 9.17) is 4.74 Å². The number of nitriles is 1. The van der Waals surface area contributed by atoms with Crippen molar-refractivity contribution in [1.82, 2.24) is 0 Å². The highest BCUT2D eigenvalue weighted by atomic mass is 16.5. The van der Waals surface area contributed by atoms with Crippen LogP contribution in [0.2, 0.25) is 0 Å². The van der Waals surface area contributed by atoms with Crippen LogP contribution in [0.15, 0.2) is 42.5 Å². The second kappa shape index (κ2) is 6.25. The molecule has 0 N–H and O–H groups in total. The maximum Gasteiger partial charge on any atom is 0.121 e. The molecule has 1 atom stereocenters. The molecule has 0 amide bonds. The highest BCUT2D eigenvalue weighted by Gasteiger charge is 2.13. The Morgan fingerprint density at radius 3 is 2.55 bits per heavy atom. The Balaban J connectivity index is 2.25. The molecule has 0 saturated heterocycles. The van der Waals surface area contributed by atoms with Crippen LogP contribution in [0.1, 0.15) is 28.2 Å². The fraction of sp³-hybridized carbons (Fsp3) is 0.278. The summed E-state index contributed by atoms with van der Waals surface area (Å²) in [5.74, 6) is 0.738. The van der Waals surface area contributed by atoms with Crippen LogP contribution in [0.25, 0.3) is 0 Å². The Kier molecular flexibility index (Phi) is 4.42. The lowest BCUT2D eigenvalue weighted by Gasteiger charge is -2.12. The van der Waals surface area contributed by atoms with Crippen LogP contribution >= 0.6 is 0 Å². The first-order chi connectivity index (χ1) is 9.63. The van der Waals surface area contributed by atoms with E-state index in [1.807, 2.05) is 31.2 Å². The molecule has 0 saturated carbocycles. The normalized spacial score (nSPS) is 11.7. The lowest BCUT2D eigenvalue weighted by atomic mass is 9.91.